The molecule has 0 saturated heterocycles. The largest absolute Gasteiger partial charge is 0.292 e. The molecule has 5 heteroatoms. The van der Waals surface area contributed by atoms with Crippen LogP contribution in [0.3, 0.4) is 0 Å². The summed E-state index contributed by atoms with van der Waals surface area (Å²) in [4.78, 5) is 23.9. The van der Waals surface area contributed by atoms with E-state index in [-0.39, 0.29) is 5.78 Å². The Morgan fingerprint density at radius 1 is 1.29 bits per heavy atom. The molecule has 14 heavy (non-hydrogen) atoms. The fourth-order valence-electron chi connectivity index (χ4n) is 0.982. The van der Waals surface area contributed by atoms with Crippen LogP contribution in [0.2, 0.25) is 0 Å². The highest BCUT2D eigenvalue weighted by atomic mass is 32.1. The molecule has 70 valence electrons. The van der Waals surface area contributed by atoms with Gasteiger partial charge in [-0.2, -0.15) is 0 Å². The first-order chi connectivity index (χ1) is 6.77. The van der Waals surface area contributed by atoms with E-state index in [0.29, 0.717) is 5.01 Å². The lowest BCUT2D eigenvalue weighted by molar-refractivity contribution is 0.101. The number of ketones is 1. The van der Waals surface area contributed by atoms with Gasteiger partial charge in [-0.25, -0.2) is 4.98 Å². The third-order valence-electron chi connectivity index (χ3n) is 1.62. The summed E-state index contributed by atoms with van der Waals surface area (Å²) in [7, 11) is 0. The monoisotopic (exact) mass is 205 g/mol. The molecule has 0 aromatic carbocycles. The normalized spacial score (nSPS) is 10.1. The van der Waals surface area contributed by atoms with E-state index in [4.69, 9.17) is 0 Å². The van der Waals surface area contributed by atoms with E-state index in [1.54, 1.807) is 24.8 Å². The molecule has 0 fully saturated rings. The van der Waals surface area contributed by atoms with Crippen LogP contribution in [0.1, 0.15) is 16.7 Å². The van der Waals surface area contributed by atoms with Gasteiger partial charge in [0.25, 0.3) is 0 Å². The Morgan fingerprint density at radius 2 is 2.14 bits per heavy atom. The van der Waals surface area contributed by atoms with Gasteiger partial charge in [-0.05, 0) is 0 Å². The molecule has 0 unspecified atom stereocenters. The van der Waals surface area contributed by atoms with Crippen LogP contribution in [0.4, 0.5) is 0 Å². The van der Waals surface area contributed by atoms with Crippen molar-refractivity contribution in [3.8, 4) is 10.6 Å². The van der Waals surface area contributed by atoms with Crippen LogP contribution < -0.4 is 0 Å². The third-order valence-corrected chi connectivity index (χ3v) is 2.74. The van der Waals surface area contributed by atoms with Crippen LogP contribution in [-0.4, -0.2) is 20.7 Å². The van der Waals surface area contributed by atoms with E-state index in [1.165, 1.54) is 18.3 Å². The quantitative estimate of drug-likeness (QED) is 0.701. The molecule has 0 bridgehead atoms. The zero-order chi connectivity index (χ0) is 9.97. The molecular formula is C9H7N3OS. The molecule has 2 aromatic rings. The summed E-state index contributed by atoms with van der Waals surface area (Å²) in [6.07, 6.45) is 6.52. The van der Waals surface area contributed by atoms with Crippen molar-refractivity contribution in [1.29, 1.82) is 0 Å². The number of Topliss-reactive ketones (excluding diaryl/α,β-unsaturated/α-hetero) is 1. The van der Waals surface area contributed by atoms with Gasteiger partial charge in [0.15, 0.2) is 10.8 Å². The Balaban J connectivity index is 2.39. The maximum Gasteiger partial charge on any atom is 0.188 e. The fourth-order valence-corrected chi connectivity index (χ4v) is 1.75. The highest BCUT2D eigenvalue weighted by molar-refractivity contribution is 7.16. The Bertz CT molecular complexity index is 452. The topological polar surface area (TPSA) is 55.7 Å². The highest BCUT2D eigenvalue weighted by Gasteiger charge is 2.08. The summed E-state index contributed by atoms with van der Waals surface area (Å²) >= 11 is 1.33. The minimum absolute atomic E-state index is 0.0230. The Kier molecular flexibility index (Phi) is 2.32. The first-order valence-corrected chi connectivity index (χ1v) is 4.82. The molecule has 2 rings (SSSR count). The highest BCUT2D eigenvalue weighted by Crippen LogP contribution is 2.23. The van der Waals surface area contributed by atoms with Crippen molar-refractivity contribution in [2.75, 3.05) is 0 Å². The maximum atomic E-state index is 11.0. The number of thiazole rings is 1. The Hall–Kier alpha value is -1.62. The van der Waals surface area contributed by atoms with Crippen molar-refractivity contribution < 1.29 is 4.79 Å². The molecule has 0 amide bonds. The molecule has 2 aromatic heterocycles. The molecule has 2 heterocycles. The van der Waals surface area contributed by atoms with Gasteiger partial charge in [-0.1, -0.05) is 0 Å². The third kappa shape index (κ3) is 1.67. The minimum atomic E-state index is -0.0230. The Labute approximate surface area is 84.7 Å². The number of aromatic nitrogens is 3. The second-order valence-corrected chi connectivity index (χ2v) is 3.71. The molecule has 4 nitrogen and oxygen atoms in total. The fraction of sp³-hybridized carbons (Fsp3) is 0.111. The van der Waals surface area contributed by atoms with Gasteiger partial charge < -0.3 is 0 Å². The summed E-state index contributed by atoms with van der Waals surface area (Å²) in [5, 5.41) is 0.505. The minimum Gasteiger partial charge on any atom is -0.292 e. The van der Waals surface area contributed by atoms with E-state index < -0.39 is 0 Å². The zero-order valence-corrected chi connectivity index (χ0v) is 8.28. The average molecular weight is 205 g/mol. The molecule has 0 spiro atoms. The van der Waals surface area contributed by atoms with Gasteiger partial charge in [-0.3, -0.25) is 14.8 Å². The van der Waals surface area contributed by atoms with Gasteiger partial charge in [0.05, 0.1) is 11.1 Å². The standard InChI is InChI=1S/C9H7N3OS/c1-6(13)9-12-5-8(14-9)7-4-10-2-3-11-7/h2-5H,1H3. The van der Waals surface area contributed by atoms with Crippen LogP contribution in [0.5, 0.6) is 0 Å². The molecule has 0 atom stereocenters. The summed E-state index contributed by atoms with van der Waals surface area (Å²) < 4.78 is 0. The van der Waals surface area contributed by atoms with Crippen molar-refractivity contribution in [3.63, 3.8) is 0 Å². The van der Waals surface area contributed by atoms with Crippen LogP contribution in [-0.2, 0) is 0 Å². The lowest BCUT2D eigenvalue weighted by Gasteiger charge is -1.91. The Morgan fingerprint density at radius 3 is 2.71 bits per heavy atom. The van der Waals surface area contributed by atoms with E-state index in [1.807, 2.05) is 0 Å². The van der Waals surface area contributed by atoms with Crippen LogP contribution in [0, 0.1) is 0 Å². The van der Waals surface area contributed by atoms with Crippen LogP contribution in [0.15, 0.2) is 24.8 Å². The molecule has 0 aliphatic rings. The number of carbonyl (C=O) groups is 1. The molecule has 0 aliphatic carbocycles. The van der Waals surface area contributed by atoms with Gasteiger partial charge in [0.1, 0.15) is 5.69 Å². The first kappa shape index (κ1) is 8.96. The number of rotatable bonds is 2. The predicted molar refractivity (Wildman–Crippen MR) is 53.1 cm³/mol. The van der Waals surface area contributed by atoms with E-state index >= 15 is 0 Å². The number of carbonyl (C=O) groups excluding carboxylic acids is 1. The molecule has 0 aliphatic heterocycles. The number of hydrogen-bond acceptors (Lipinski definition) is 5. The first-order valence-electron chi connectivity index (χ1n) is 4.00. The molecule has 0 saturated carbocycles. The van der Waals surface area contributed by atoms with Crippen molar-refractivity contribution in [3.05, 3.63) is 29.8 Å². The molecule has 0 radical (unpaired) electrons. The van der Waals surface area contributed by atoms with E-state index in [9.17, 15) is 4.79 Å². The lowest BCUT2D eigenvalue weighted by Crippen LogP contribution is -1.87. The summed E-state index contributed by atoms with van der Waals surface area (Å²) in [5.74, 6) is -0.0230. The molecule has 0 N–H and O–H groups in total. The summed E-state index contributed by atoms with van der Waals surface area (Å²) in [6.45, 7) is 1.50. The molecular weight excluding hydrogens is 198 g/mol. The van der Waals surface area contributed by atoms with Crippen molar-refractivity contribution in [2.45, 2.75) is 6.92 Å². The smallest absolute Gasteiger partial charge is 0.188 e. The number of nitrogens with zero attached hydrogens (tertiary/aromatic N) is 3. The maximum absolute atomic E-state index is 11.0. The average Bonchev–Trinajstić information content (AvgIpc) is 2.68. The number of hydrogen-bond donors (Lipinski definition) is 0. The summed E-state index contributed by atoms with van der Waals surface area (Å²) in [6, 6.07) is 0. The van der Waals surface area contributed by atoms with Crippen molar-refractivity contribution in [1.82, 2.24) is 15.0 Å². The second kappa shape index (κ2) is 3.63. The van der Waals surface area contributed by atoms with Gasteiger partial charge in [0.2, 0.25) is 0 Å². The van der Waals surface area contributed by atoms with Crippen LogP contribution in [0.25, 0.3) is 10.6 Å². The van der Waals surface area contributed by atoms with Crippen molar-refractivity contribution >= 4 is 17.1 Å². The zero-order valence-electron chi connectivity index (χ0n) is 7.47. The van der Waals surface area contributed by atoms with E-state index in [0.717, 1.165) is 10.6 Å². The summed E-state index contributed by atoms with van der Waals surface area (Å²) in [5.41, 5.74) is 0.748. The van der Waals surface area contributed by atoms with Gasteiger partial charge >= 0.3 is 0 Å². The van der Waals surface area contributed by atoms with Gasteiger partial charge in [0, 0.05) is 25.5 Å². The van der Waals surface area contributed by atoms with E-state index in [2.05, 4.69) is 15.0 Å². The predicted octanol–water partition coefficient (Wildman–Crippen LogP) is 1.80. The van der Waals surface area contributed by atoms with Crippen LogP contribution >= 0.6 is 11.3 Å². The lowest BCUT2D eigenvalue weighted by atomic mass is 10.4. The van der Waals surface area contributed by atoms with Gasteiger partial charge in [-0.15, -0.1) is 11.3 Å². The SMILES string of the molecule is CC(=O)c1ncc(-c2cnccn2)s1. The second-order valence-electron chi connectivity index (χ2n) is 2.68. The van der Waals surface area contributed by atoms with Crippen molar-refractivity contribution in [2.24, 2.45) is 0 Å².